The highest BCUT2D eigenvalue weighted by molar-refractivity contribution is 5.40. The maximum atomic E-state index is 12.9. The van der Waals surface area contributed by atoms with Crippen LogP contribution >= 0.6 is 0 Å². The van der Waals surface area contributed by atoms with Gasteiger partial charge in [0.25, 0.3) is 0 Å². The summed E-state index contributed by atoms with van der Waals surface area (Å²) in [6.07, 6.45) is 3.00. The van der Waals surface area contributed by atoms with E-state index in [-0.39, 0.29) is 55.6 Å². The topological polar surface area (TPSA) is 90.2 Å². The first-order valence-electron chi connectivity index (χ1n) is 10.3. The molecule has 0 bridgehead atoms. The van der Waals surface area contributed by atoms with Crippen LogP contribution in [0.2, 0.25) is 0 Å². The predicted molar refractivity (Wildman–Crippen MR) is 118 cm³/mol. The Morgan fingerprint density at radius 3 is 2.31 bits per heavy atom. The molecule has 2 heterocycles. The Bertz CT molecular complexity index is 1130. The number of pyridine rings is 1. The second-order valence-electron chi connectivity index (χ2n) is 7.48. The molecule has 7 nitrogen and oxygen atoms in total. The highest BCUT2D eigenvalue weighted by Crippen LogP contribution is 2.39. The van der Waals surface area contributed by atoms with Crippen LogP contribution in [-0.2, 0) is 34.6 Å². The van der Waals surface area contributed by atoms with Crippen LogP contribution in [0.4, 0.5) is 0 Å². The number of benzene rings is 2. The Balaban J connectivity index is 1.84. The van der Waals surface area contributed by atoms with Gasteiger partial charge in [0.1, 0.15) is 18.6 Å². The molecule has 1 aromatic heterocycles. The highest BCUT2D eigenvalue weighted by Gasteiger charge is 2.43. The Labute approximate surface area is 185 Å². The second kappa shape index (κ2) is 9.72. The SMILES string of the molecule is O=c1ccn(CCO)c(C(O)(Cc2ccccc2)C2=COCO2)c1OCc1ccccc1. The van der Waals surface area contributed by atoms with Crippen molar-refractivity contribution in [3.05, 3.63) is 112 Å². The summed E-state index contributed by atoms with van der Waals surface area (Å²) in [6.45, 7) is 0.0715. The standard InChI is InChI=1S/C25H25NO6/c27-14-13-26-12-11-21(28)23(31-16-20-9-5-2-6-10-20)24(26)25(29,22-17-30-18-32-22)15-19-7-3-1-4-8-19/h1-12,17,27,29H,13-16,18H2. The summed E-state index contributed by atoms with van der Waals surface area (Å²) in [5.41, 5.74) is -0.236. The third-order valence-corrected chi connectivity index (χ3v) is 5.27. The van der Waals surface area contributed by atoms with Crippen molar-refractivity contribution >= 4 is 0 Å². The van der Waals surface area contributed by atoms with Crippen LogP contribution in [-0.4, -0.2) is 28.2 Å². The third-order valence-electron chi connectivity index (χ3n) is 5.27. The molecule has 1 aliphatic rings. The molecule has 1 aliphatic heterocycles. The van der Waals surface area contributed by atoms with Crippen LogP contribution in [0.3, 0.4) is 0 Å². The first-order valence-corrected chi connectivity index (χ1v) is 10.3. The summed E-state index contributed by atoms with van der Waals surface area (Å²) in [5, 5.41) is 21.7. The van der Waals surface area contributed by atoms with Crippen molar-refractivity contribution in [3.8, 4) is 5.75 Å². The zero-order chi connectivity index (χ0) is 22.4. The lowest BCUT2D eigenvalue weighted by molar-refractivity contribution is -0.0137. The fourth-order valence-corrected chi connectivity index (χ4v) is 3.78. The Hall–Kier alpha value is -3.55. The smallest absolute Gasteiger partial charge is 0.230 e. The molecular weight excluding hydrogens is 410 g/mol. The van der Waals surface area contributed by atoms with Crippen LogP contribution in [0.15, 0.2) is 89.7 Å². The van der Waals surface area contributed by atoms with Gasteiger partial charge in [-0.3, -0.25) is 4.79 Å². The van der Waals surface area contributed by atoms with Gasteiger partial charge in [-0.05, 0) is 11.1 Å². The molecule has 0 amide bonds. The Kier molecular flexibility index (Phi) is 6.58. The lowest BCUT2D eigenvalue weighted by atomic mass is 9.87. The van der Waals surface area contributed by atoms with Gasteiger partial charge in [0, 0.05) is 25.2 Å². The second-order valence-corrected chi connectivity index (χ2v) is 7.48. The average molecular weight is 435 g/mol. The number of nitrogens with zero attached hydrogens (tertiary/aromatic N) is 1. The van der Waals surface area contributed by atoms with E-state index in [1.807, 2.05) is 60.7 Å². The van der Waals surface area contributed by atoms with Gasteiger partial charge >= 0.3 is 0 Å². The lowest BCUT2D eigenvalue weighted by Gasteiger charge is -2.32. The molecule has 0 spiro atoms. The summed E-state index contributed by atoms with van der Waals surface area (Å²) >= 11 is 0. The molecule has 0 aliphatic carbocycles. The molecule has 1 atom stereocenters. The summed E-state index contributed by atoms with van der Waals surface area (Å²) < 4.78 is 18.4. The molecule has 32 heavy (non-hydrogen) atoms. The van der Waals surface area contributed by atoms with E-state index < -0.39 is 5.60 Å². The van der Waals surface area contributed by atoms with E-state index in [0.29, 0.717) is 0 Å². The normalized spacial score (nSPS) is 14.8. The largest absolute Gasteiger partial charge is 0.483 e. The van der Waals surface area contributed by atoms with Crippen molar-refractivity contribution in [2.45, 2.75) is 25.2 Å². The van der Waals surface area contributed by atoms with Gasteiger partial charge in [-0.15, -0.1) is 0 Å². The van der Waals surface area contributed by atoms with Gasteiger partial charge in [0.2, 0.25) is 12.2 Å². The highest BCUT2D eigenvalue weighted by atomic mass is 16.7. The number of aromatic nitrogens is 1. The molecular formula is C25H25NO6. The first-order chi connectivity index (χ1) is 15.6. The maximum Gasteiger partial charge on any atom is 0.230 e. The minimum Gasteiger partial charge on any atom is -0.483 e. The zero-order valence-electron chi connectivity index (χ0n) is 17.5. The number of rotatable bonds is 9. The molecule has 1 unspecified atom stereocenters. The van der Waals surface area contributed by atoms with Gasteiger partial charge in [-0.2, -0.15) is 0 Å². The fraction of sp³-hybridized carbons (Fsp3) is 0.240. The molecule has 166 valence electrons. The van der Waals surface area contributed by atoms with Crippen LogP contribution in [0.5, 0.6) is 5.75 Å². The third kappa shape index (κ3) is 4.54. The maximum absolute atomic E-state index is 12.9. The van der Waals surface area contributed by atoms with Crippen molar-refractivity contribution in [2.24, 2.45) is 0 Å². The number of ether oxygens (including phenoxy) is 3. The molecule has 2 N–H and O–H groups in total. The Morgan fingerprint density at radius 2 is 1.69 bits per heavy atom. The van der Waals surface area contributed by atoms with Crippen molar-refractivity contribution in [2.75, 3.05) is 13.4 Å². The monoisotopic (exact) mass is 435 g/mol. The molecule has 4 rings (SSSR count). The summed E-state index contributed by atoms with van der Waals surface area (Å²) in [7, 11) is 0. The molecule has 3 aromatic rings. The van der Waals surface area contributed by atoms with Gasteiger partial charge in [0.15, 0.2) is 17.1 Å². The Morgan fingerprint density at radius 1 is 1.00 bits per heavy atom. The molecule has 0 saturated carbocycles. The fourth-order valence-electron chi connectivity index (χ4n) is 3.78. The number of hydrogen-bond acceptors (Lipinski definition) is 6. The van der Waals surface area contributed by atoms with E-state index in [1.54, 1.807) is 4.57 Å². The van der Waals surface area contributed by atoms with Gasteiger partial charge < -0.3 is 29.0 Å². The number of aliphatic hydroxyl groups is 2. The minimum atomic E-state index is -1.76. The predicted octanol–water partition coefficient (Wildman–Crippen LogP) is 2.70. The summed E-state index contributed by atoms with van der Waals surface area (Å²) in [4.78, 5) is 12.9. The van der Waals surface area contributed by atoms with Crippen molar-refractivity contribution in [1.29, 1.82) is 0 Å². The molecule has 0 radical (unpaired) electrons. The van der Waals surface area contributed by atoms with Crippen molar-refractivity contribution in [3.63, 3.8) is 0 Å². The van der Waals surface area contributed by atoms with Crippen molar-refractivity contribution in [1.82, 2.24) is 4.57 Å². The van der Waals surface area contributed by atoms with Gasteiger partial charge in [0.05, 0.1) is 6.61 Å². The van der Waals surface area contributed by atoms with E-state index in [0.717, 1.165) is 11.1 Å². The first kappa shape index (κ1) is 21.7. The van der Waals surface area contributed by atoms with Crippen LogP contribution < -0.4 is 10.2 Å². The van der Waals surface area contributed by atoms with Crippen LogP contribution in [0, 0.1) is 0 Å². The zero-order valence-corrected chi connectivity index (χ0v) is 17.5. The molecule has 0 fully saturated rings. The van der Waals surface area contributed by atoms with Crippen molar-refractivity contribution < 1.29 is 24.4 Å². The quantitative estimate of drug-likeness (QED) is 0.537. The van der Waals surface area contributed by atoms with Gasteiger partial charge in [-0.25, -0.2) is 0 Å². The van der Waals surface area contributed by atoms with E-state index in [9.17, 15) is 15.0 Å². The average Bonchev–Trinajstić information content (AvgIpc) is 3.36. The van der Waals surface area contributed by atoms with E-state index in [4.69, 9.17) is 14.2 Å². The van der Waals surface area contributed by atoms with E-state index in [1.165, 1.54) is 18.5 Å². The summed E-state index contributed by atoms with van der Waals surface area (Å²) in [6, 6.07) is 20.2. The van der Waals surface area contributed by atoms with Crippen LogP contribution in [0.1, 0.15) is 16.8 Å². The van der Waals surface area contributed by atoms with Gasteiger partial charge in [-0.1, -0.05) is 60.7 Å². The van der Waals surface area contributed by atoms with E-state index in [2.05, 4.69) is 0 Å². The van der Waals surface area contributed by atoms with E-state index >= 15 is 0 Å². The molecule has 2 aromatic carbocycles. The molecule has 0 saturated heterocycles. The lowest BCUT2D eigenvalue weighted by Crippen LogP contribution is -2.37. The molecule has 7 heteroatoms. The summed E-state index contributed by atoms with van der Waals surface area (Å²) in [5.74, 6) is 0.169. The number of hydrogen-bond donors (Lipinski definition) is 2. The number of aliphatic hydroxyl groups excluding tert-OH is 1. The minimum absolute atomic E-state index is 0.000339. The van der Waals surface area contributed by atoms with Crippen LogP contribution in [0.25, 0.3) is 0 Å².